The lowest BCUT2D eigenvalue weighted by Gasteiger charge is -2.26. The molecule has 0 saturated carbocycles. The molecule has 0 radical (unpaired) electrons. The highest BCUT2D eigenvalue weighted by Gasteiger charge is 2.34. The molecule has 1 aliphatic rings. The standard InChI is InChI=1S/C10H19NO4S/c1-3-6-11(10(12)15-4-2)9-5-7-16(13,14)8-9/h9H,3-8H2,1-2H3/t9-/m0/s1. The smallest absolute Gasteiger partial charge is 0.410 e. The van der Waals surface area contributed by atoms with E-state index in [9.17, 15) is 13.2 Å². The van der Waals surface area contributed by atoms with Crippen LogP contribution in [0.15, 0.2) is 0 Å². The van der Waals surface area contributed by atoms with Gasteiger partial charge in [-0.15, -0.1) is 0 Å². The summed E-state index contributed by atoms with van der Waals surface area (Å²) in [4.78, 5) is 13.2. The average molecular weight is 249 g/mol. The van der Waals surface area contributed by atoms with Gasteiger partial charge in [-0.25, -0.2) is 13.2 Å². The first kappa shape index (κ1) is 13.3. The summed E-state index contributed by atoms with van der Waals surface area (Å²) < 4.78 is 27.6. The van der Waals surface area contributed by atoms with Crippen LogP contribution in [0.1, 0.15) is 26.7 Å². The molecule has 5 nitrogen and oxygen atoms in total. The number of nitrogens with zero attached hydrogens (tertiary/aromatic N) is 1. The molecule has 0 aromatic rings. The van der Waals surface area contributed by atoms with Crippen LogP contribution in [0.5, 0.6) is 0 Å². The highest BCUT2D eigenvalue weighted by Crippen LogP contribution is 2.18. The zero-order valence-electron chi connectivity index (χ0n) is 9.81. The molecular weight excluding hydrogens is 230 g/mol. The zero-order valence-corrected chi connectivity index (χ0v) is 10.6. The first-order valence-electron chi connectivity index (χ1n) is 5.64. The van der Waals surface area contributed by atoms with Gasteiger partial charge in [-0.3, -0.25) is 0 Å². The molecule has 0 N–H and O–H groups in total. The van der Waals surface area contributed by atoms with Crippen LogP contribution < -0.4 is 0 Å². The number of hydrogen-bond donors (Lipinski definition) is 0. The molecule has 0 aliphatic carbocycles. The van der Waals surface area contributed by atoms with Gasteiger partial charge in [0.25, 0.3) is 0 Å². The number of sulfone groups is 1. The van der Waals surface area contributed by atoms with E-state index in [-0.39, 0.29) is 17.5 Å². The number of hydrogen-bond acceptors (Lipinski definition) is 4. The number of carbonyl (C=O) groups excluding carboxylic acids is 1. The highest BCUT2D eigenvalue weighted by molar-refractivity contribution is 7.91. The van der Waals surface area contributed by atoms with Crippen molar-refractivity contribution in [2.75, 3.05) is 24.7 Å². The predicted octanol–water partition coefficient (Wildman–Crippen LogP) is 1.04. The van der Waals surface area contributed by atoms with Crippen molar-refractivity contribution in [3.8, 4) is 0 Å². The second-order valence-corrected chi connectivity index (χ2v) is 6.18. The molecule has 1 saturated heterocycles. The Morgan fingerprint density at radius 2 is 2.12 bits per heavy atom. The Hall–Kier alpha value is -0.780. The Morgan fingerprint density at radius 1 is 1.44 bits per heavy atom. The molecule has 0 bridgehead atoms. The fourth-order valence-corrected chi connectivity index (χ4v) is 3.62. The largest absolute Gasteiger partial charge is 0.450 e. The maximum Gasteiger partial charge on any atom is 0.410 e. The molecule has 1 rings (SSSR count). The van der Waals surface area contributed by atoms with Gasteiger partial charge in [0.15, 0.2) is 9.84 Å². The summed E-state index contributed by atoms with van der Waals surface area (Å²) in [6, 6.07) is -0.205. The molecule has 94 valence electrons. The normalized spacial score (nSPS) is 23.0. The van der Waals surface area contributed by atoms with Crippen molar-refractivity contribution >= 4 is 15.9 Å². The highest BCUT2D eigenvalue weighted by atomic mass is 32.2. The molecule has 0 spiro atoms. The van der Waals surface area contributed by atoms with E-state index in [1.807, 2.05) is 6.92 Å². The lowest BCUT2D eigenvalue weighted by Crippen LogP contribution is -2.41. The van der Waals surface area contributed by atoms with Crippen molar-refractivity contribution in [3.63, 3.8) is 0 Å². The second-order valence-electron chi connectivity index (χ2n) is 3.95. The third-order valence-electron chi connectivity index (χ3n) is 2.62. The number of ether oxygens (including phenoxy) is 1. The lowest BCUT2D eigenvalue weighted by atomic mass is 10.2. The first-order chi connectivity index (χ1) is 7.50. The van der Waals surface area contributed by atoms with E-state index < -0.39 is 15.9 Å². The van der Waals surface area contributed by atoms with Crippen LogP contribution in [-0.4, -0.2) is 50.1 Å². The van der Waals surface area contributed by atoms with Gasteiger partial charge in [0.1, 0.15) is 0 Å². The Morgan fingerprint density at radius 3 is 2.56 bits per heavy atom. The minimum Gasteiger partial charge on any atom is -0.450 e. The van der Waals surface area contributed by atoms with Gasteiger partial charge in [-0.1, -0.05) is 6.92 Å². The third kappa shape index (κ3) is 3.37. The number of carbonyl (C=O) groups is 1. The zero-order chi connectivity index (χ0) is 12.2. The number of rotatable bonds is 4. The van der Waals surface area contributed by atoms with Crippen LogP contribution in [0.3, 0.4) is 0 Å². The first-order valence-corrected chi connectivity index (χ1v) is 7.46. The Labute approximate surface area is 96.7 Å². The fraction of sp³-hybridized carbons (Fsp3) is 0.900. The molecule has 0 aromatic heterocycles. The van der Waals surface area contributed by atoms with Crippen molar-refractivity contribution in [2.45, 2.75) is 32.7 Å². The molecule has 1 amide bonds. The molecule has 1 fully saturated rings. The summed E-state index contributed by atoms with van der Waals surface area (Å²) >= 11 is 0. The van der Waals surface area contributed by atoms with Crippen LogP contribution in [0.2, 0.25) is 0 Å². The topological polar surface area (TPSA) is 63.7 Å². The van der Waals surface area contributed by atoms with E-state index in [1.165, 1.54) is 0 Å². The predicted molar refractivity (Wildman–Crippen MR) is 61.1 cm³/mol. The van der Waals surface area contributed by atoms with Gasteiger partial charge in [-0.05, 0) is 19.8 Å². The minimum atomic E-state index is -2.96. The molecule has 16 heavy (non-hydrogen) atoms. The number of amides is 1. The maximum atomic E-state index is 11.6. The van der Waals surface area contributed by atoms with E-state index in [1.54, 1.807) is 11.8 Å². The second kappa shape index (κ2) is 5.52. The molecule has 0 aromatic carbocycles. The van der Waals surface area contributed by atoms with Crippen LogP contribution in [0.4, 0.5) is 4.79 Å². The molecular formula is C10H19NO4S. The van der Waals surface area contributed by atoms with Crippen LogP contribution in [-0.2, 0) is 14.6 Å². The van der Waals surface area contributed by atoms with Crippen molar-refractivity contribution in [1.29, 1.82) is 0 Å². The van der Waals surface area contributed by atoms with Gasteiger partial charge in [-0.2, -0.15) is 0 Å². The Balaban J connectivity index is 2.67. The molecule has 0 unspecified atom stereocenters. The summed E-state index contributed by atoms with van der Waals surface area (Å²) in [7, 11) is -2.96. The van der Waals surface area contributed by atoms with Crippen molar-refractivity contribution in [2.24, 2.45) is 0 Å². The minimum absolute atomic E-state index is 0.0752. The quantitative estimate of drug-likeness (QED) is 0.747. The lowest BCUT2D eigenvalue weighted by molar-refractivity contribution is 0.0941. The molecule has 1 atom stereocenters. The monoisotopic (exact) mass is 249 g/mol. The SMILES string of the molecule is CCCN(C(=O)OCC)[C@H]1CCS(=O)(=O)C1. The van der Waals surface area contributed by atoms with Crippen LogP contribution in [0.25, 0.3) is 0 Å². The molecule has 1 aliphatic heterocycles. The summed E-state index contributed by atoms with van der Waals surface area (Å²) in [6.45, 7) is 4.57. The van der Waals surface area contributed by atoms with Gasteiger partial charge in [0, 0.05) is 12.6 Å². The molecule has 1 heterocycles. The van der Waals surface area contributed by atoms with Gasteiger partial charge in [0.2, 0.25) is 0 Å². The van der Waals surface area contributed by atoms with Crippen molar-refractivity contribution < 1.29 is 17.9 Å². The average Bonchev–Trinajstić information content (AvgIpc) is 2.55. The van der Waals surface area contributed by atoms with Crippen LogP contribution >= 0.6 is 0 Å². The van der Waals surface area contributed by atoms with Crippen molar-refractivity contribution in [1.82, 2.24) is 4.90 Å². The summed E-state index contributed by atoms with van der Waals surface area (Å²) in [6.07, 6.45) is 0.933. The van der Waals surface area contributed by atoms with Gasteiger partial charge in [0.05, 0.1) is 18.1 Å². The van der Waals surface area contributed by atoms with E-state index >= 15 is 0 Å². The third-order valence-corrected chi connectivity index (χ3v) is 4.37. The van der Waals surface area contributed by atoms with E-state index in [2.05, 4.69) is 0 Å². The van der Waals surface area contributed by atoms with Crippen molar-refractivity contribution in [3.05, 3.63) is 0 Å². The Bertz CT molecular complexity index is 339. The van der Waals surface area contributed by atoms with Gasteiger partial charge >= 0.3 is 6.09 Å². The van der Waals surface area contributed by atoms with E-state index in [4.69, 9.17) is 4.74 Å². The van der Waals surface area contributed by atoms with E-state index in [0.29, 0.717) is 19.6 Å². The Kier molecular flexibility index (Phi) is 4.58. The molecule has 6 heteroatoms. The van der Waals surface area contributed by atoms with Gasteiger partial charge < -0.3 is 9.64 Å². The maximum absolute atomic E-state index is 11.6. The summed E-state index contributed by atoms with van der Waals surface area (Å²) in [5, 5.41) is 0. The summed E-state index contributed by atoms with van der Waals surface area (Å²) in [5.41, 5.74) is 0. The van der Waals surface area contributed by atoms with Crippen LogP contribution in [0, 0.1) is 0 Å². The van der Waals surface area contributed by atoms with E-state index in [0.717, 1.165) is 6.42 Å². The summed E-state index contributed by atoms with van der Waals surface area (Å²) in [5.74, 6) is 0.253. The fourth-order valence-electron chi connectivity index (χ4n) is 1.89.